The molecule has 5 aromatic rings. The maximum Gasteiger partial charge on any atom is 0.315 e. The number of nitrogens with zero attached hydrogens (tertiary/aromatic N) is 2. The number of halogens is 2. The number of para-hydroxylation sites is 1. The molecule has 53 heavy (non-hydrogen) atoms. The molecule has 0 aliphatic carbocycles. The number of amides is 2. The van der Waals surface area contributed by atoms with Gasteiger partial charge in [-0.2, -0.15) is 5.26 Å². The van der Waals surface area contributed by atoms with Crippen LogP contribution in [-0.4, -0.2) is 28.3 Å². The molecule has 0 aliphatic rings. The summed E-state index contributed by atoms with van der Waals surface area (Å²) in [5, 5.41) is 12.1. The Bertz CT molecular complexity index is 2010. The van der Waals surface area contributed by atoms with Gasteiger partial charge in [-0.05, 0) is 105 Å². The molecular formula is C43H41Cl2N3O5. The van der Waals surface area contributed by atoms with Gasteiger partial charge in [-0.25, -0.2) is 5.01 Å². The summed E-state index contributed by atoms with van der Waals surface area (Å²) >= 11 is 11.8. The van der Waals surface area contributed by atoms with Gasteiger partial charge >= 0.3 is 5.97 Å². The minimum atomic E-state index is -1.04. The average Bonchev–Trinajstić information content (AvgIpc) is 3.14. The molecule has 0 heterocycles. The fraction of sp³-hybridized carbons (Fsp3) is 0.209. The molecule has 8 nitrogen and oxygen atoms in total. The smallest absolute Gasteiger partial charge is 0.315 e. The molecule has 0 fully saturated rings. The molecule has 2 unspecified atom stereocenters. The molecule has 5 aromatic carbocycles. The van der Waals surface area contributed by atoms with Crippen molar-refractivity contribution < 1.29 is 23.9 Å². The lowest BCUT2D eigenvalue weighted by Crippen LogP contribution is -2.55. The molecule has 2 amide bonds. The minimum Gasteiger partial charge on any atom is -0.457 e. The van der Waals surface area contributed by atoms with Gasteiger partial charge in [0.2, 0.25) is 6.10 Å². The Hall–Kier alpha value is -5.62. The third-order valence-corrected chi connectivity index (χ3v) is 8.36. The van der Waals surface area contributed by atoms with Gasteiger partial charge in [0.15, 0.2) is 0 Å². The number of ether oxygens (including phenoxy) is 2. The second-order valence-corrected chi connectivity index (χ2v) is 14.2. The van der Waals surface area contributed by atoms with Crippen LogP contribution in [-0.2, 0) is 9.53 Å². The second kappa shape index (κ2) is 18.7. The van der Waals surface area contributed by atoms with E-state index in [4.69, 9.17) is 32.7 Å². The monoisotopic (exact) mass is 749 g/mol. The molecule has 1 N–H and O–H groups in total. The summed E-state index contributed by atoms with van der Waals surface area (Å²) in [6.45, 7) is 9.45. The van der Waals surface area contributed by atoms with Crippen molar-refractivity contribution in [2.75, 3.05) is 0 Å². The Kier molecular flexibility index (Phi) is 14.2. The highest BCUT2D eigenvalue weighted by Gasteiger charge is 2.30. The lowest BCUT2D eigenvalue weighted by molar-refractivity contribution is -0.150. The van der Waals surface area contributed by atoms with Crippen molar-refractivity contribution in [1.29, 1.82) is 5.26 Å². The molecule has 0 spiro atoms. The van der Waals surface area contributed by atoms with Crippen LogP contribution in [0.25, 0.3) is 0 Å². The van der Waals surface area contributed by atoms with Crippen LogP contribution in [0.5, 0.6) is 11.5 Å². The standard InChI is InChI=1S/C25H22ClNO3.C18H19ClN2O2/c1-17(2)24(18-11-13-20(26)14-12-18)25(28)30-23(16-27)19-7-6-10-22(15-19)29-21-8-4-3-5-9-21;1-18(2,3)21(17(23)14-7-5-4-6-8-14)20-16(22)13-9-11-15(19)12-10-13/h3-15,17,23-24H,1-2H3;4-12H,1-3H3,(H,20,22). The number of nitriles is 1. The van der Waals surface area contributed by atoms with Crippen molar-refractivity contribution in [2.24, 2.45) is 5.92 Å². The average molecular weight is 751 g/mol. The van der Waals surface area contributed by atoms with Crippen LogP contribution in [0.1, 0.15) is 78.5 Å². The molecule has 0 radical (unpaired) electrons. The van der Waals surface area contributed by atoms with Crippen LogP contribution >= 0.6 is 23.2 Å². The van der Waals surface area contributed by atoms with Crippen LogP contribution in [0.4, 0.5) is 0 Å². The van der Waals surface area contributed by atoms with E-state index in [9.17, 15) is 19.6 Å². The van der Waals surface area contributed by atoms with Crippen LogP contribution in [0.3, 0.4) is 0 Å². The Morgan fingerprint density at radius 2 is 1.25 bits per heavy atom. The molecule has 0 saturated heterocycles. The Balaban J connectivity index is 0.000000245. The first-order valence-electron chi connectivity index (χ1n) is 16.9. The highest BCUT2D eigenvalue weighted by molar-refractivity contribution is 6.30. The van der Waals surface area contributed by atoms with Gasteiger partial charge < -0.3 is 9.47 Å². The Morgan fingerprint density at radius 1 is 0.698 bits per heavy atom. The third-order valence-electron chi connectivity index (χ3n) is 7.86. The van der Waals surface area contributed by atoms with Crippen molar-refractivity contribution in [3.8, 4) is 17.6 Å². The number of esters is 1. The van der Waals surface area contributed by atoms with Crippen molar-refractivity contribution >= 4 is 41.0 Å². The summed E-state index contributed by atoms with van der Waals surface area (Å²) in [5.41, 5.74) is 4.42. The number of rotatable bonds is 9. The Labute approximate surface area is 320 Å². The highest BCUT2D eigenvalue weighted by Crippen LogP contribution is 2.31. The van der Waals surface area contributed by atoms with E-state index in [1.807, 2.05) is 83.1 Å². The highest BCUT2D eigenvalue weighted by atomic mass is 35.5. The van der Waals surface area contributed by atoms with Gasteiger partial charge in [0, 0.05) is 26.7 Å². The minimum absolute atomic E-state index is 0.00855. The van der Waals surface area contributed by atoms with Gasteiger partial charge in [-0.3, -0.25) is 19.8 Å². The quantitative estimate of drug-likeness (QED) is 0.119. The lowest BCUT2D eigenvalue weighted by Gasteiger charge is -2.35. The fourth-order valence-electron chi connectivity index (χ4n) is 5.19. The number of hydrogen-bond acceptors (Lipinski definition) is 6. The molecule has 0 saturated carbocycles. The number of hydrogen-bond donors (Lipinski definition) is 1. The van der Waals surface area contributed by atoms with Gasteiger partial charge in [-0.1, -0.05) is 97.7 Å². The number of carbonyl (C=O) groups excluding carboxylic acids is 3. The Morgan fingerprint density at radius 3 is 1.79 bits per heavy atom. The largest absolute Gasteiger partial charge is 0.457 e. The van der Waals surface area contributed by atoms with E-state index in [-0.39, 0.29) is 17.7 Å². The zero-order valence-electron chi connectivity index (χ0n) is 30.1. The predicted octanol–water partition coefficient (Wildman–Crippen LogP) is 10.6. The van der Waals surface area contributed by atoms with E-state index in [2.05, 4.69) is 11.5 Å². The van der Waals surface area contributed by atoms with Crippen LogP contribution in [0, 0.1) is 17.2 Å². The summed E-state index contributed by atoms with van der Waals surface area (Å²) in [4.78, 5) is 38.1. The molecule has 5 rings (SSSR count). The fourth-order valence-corrected chi connectivity index (χ4v) is 5.44. The topological polar surface area (TPSA) is 109 Å². The summed E-state index contributed by atoms with van der Waals surface area (Å²) in [7, 11) is 0. The first-order chi connectivity index (χ1) is 25.3. The summed E-state index contributed by atoms with van der Waals surface area (Å²) in [5.74, 6) is -0.335. The van der Waals surface area contributed by atoms with Crippen molar-refractivity contribution in [3.63, 3.8) is 0 Å². The number of hydrazine groups is 1. The first-order valence-corrected chi connectivity index (χ1v) is 17.7. The van der Waals surface area contributed by atoms with E-state index >= 15 is 0 Å². The summed E-state index contributed by atoms with van der Waals surface area (Å²) < 4.78 is 11.4. The molecule has 0 aliphatic heterocycles. The third kappa shape index (κ3) is 11.7. The lowest BCUT2D eigenvalue weighted by atomic mass is 9.88. The van der Waals surface area contributed by atoms with E-state index < -0.39 is 23.5 Å². The van der Waals surface area contributed by atoms with E-state index in [0.717, 1.165) is 5.56 Å². The van der Waals surface area contributed by atoms with Crippen LogP contribution < -0.4 is 10.2 Å². The zero-order chi connectivity index (χ0) is 38.5. The SMILES string of the molecule is CC(C)(C)N(NC(=O)c1ccc(Cl)cc1)C(=O)c1ccccc1.CC(C)C(C(=O)OC(C#N)c1cccc(Oc2ccccc2)c1)c1ccc(Cl)cc1. The van der Waals surface area contributed by atoms with Gasteiger partial charge in [0.25, 0.3) is 11.8 Å². The zero-order valence-corrected chi connectivity index (χ0v) is 31.6. The van der Waals surface area contributed by atoms with E-state index in [1.54, 1.807) is 84.9 Å². The molecule has 0 aromatic heterocycles. The van der Waals surface area contributed by atoms with Crippen molar-refractivity contribution in [1.82, 2.24) is 10.4 Å². The van der Waals surface area contributed by atoms with Crippen molar-refractivity contribution in [3.05, 3.63) is 166 Å². The van der Waals surface area contributed by atoms with E-state index in [1.165, 1.54) is 5.01 Å². The van der Waals surface area contributed by atoms with E-state index in [0.29, 0.717) is 38.2 Å². The van der Waals surface area contributed by atoms with Crippen molar-refractivity contribution in [2.45, 2.75) is 52.2 Å². The molecule has 2 atom stereocenters. The molecule has 0 bridgehead atoms. The molecule has 10 heteroatoms. The molecule has 272 valence electrons. The number of carbonyl (C=O) groups is 3. The number of nitrogens with one attached hydrogen (secondary N) is 1. The van der Waals surface area contributed by atoms with Crippen LogP contribution in [0.15, 0.2) is 133 Å². The van der Waals surface area contributed by atoms with Gasteiger partial charge in [0.1, 0.15) is 17.6 Å². The first kappa shape index (κ1) is 40.2. The predicted molar refractivity (Wildman–Crippen MR) is 208 cm³/mol. The maximum absolute atomic E-state index is 13.0. The summed E-state index contributed by atoms with van der Waals surface area (Å²) in [6.07, 6.45) is -1.04. The number of benzene rings is 5. The normalized spacial score (nSPS) is 11.9. The second-order valence-electron chi connectivity index (χ2n) is 13.3. The van der Waals surface area contributed by atoms with Gasteiger partial charge in [-0.15, -0.1) is 0 Å². The molecular weight excluding hydrogens is 709 g/mol. The van der Waals surface area contributed by atoms with Crippen LogP contribution in [0.2, 0.25) is 10.0 Å². The maximum atomic E-state index is 13.0. The summed E-state index contributed by atoms with van der Waals surface area (Å²) in [6, 6.07) is 40.9. The van der Waals surface area contributed by atoms with Gasteiger partial charge in [0.05, 0.1) is 11.5 Å².